The fourth-order valence-electron chi connectivity index (χ4n) is 2.90. The zero-order valence-corrected chi connectivity index (χ0v) is 12.1. The Balaban J connectivity index is 1.88. The van der Waals surface area contributed by atoms with E-state index in [0.717, 1.165) is 0 Å². The van der Waals surface area contributed by atoms with Crippen molar-refractivity contribution in [1.29, 1.82) is 0 Å². The first-order valence-electron chi connectivity index (χ1n) is 6.62. The van der Waals surface area contributed by atoms with Crippen LogP contribution in [0, 0.1) is 5.41 Å². The highest BCUT2D eigenvalue weighted by atomic mass is 32.1. The maximum atomic E-state index is 12.1. The summed E-state index contributed by atoms with van der Waals surface area (Å²) in [6, 6.07) is -0.587. The van der Waals surface area contributed by atoms with Gasteiger partial charge in [-0.1, -0.05) is 0 Å². The average molecular weight is 300 g/mol. The maximum absolute atomic E-state index is 12.1. The minimum Gasteiger partial charge on any atom is -0.368 e. The maximum Gasteiger partial charge on any atom is 0.240 e. The smallest absolute Gasteiger partial charge is 0.240 e. The monoisotopic (exact) mass is 300 g/mol. The lowest BCUT2D eigenvalue weighted by molar-refractivity contribution is -0.168. The molecule has 2 aliphatic rings. The topological polar surface area (TPSA) is 110 Å². The predicted octanol–water partition coefficient (Wildman–Crippen LogP) is -1.82. The second-order valence-electron chi connectivity index (χ2n) is 5.52. The number of nitrogens with zero attached hydrogens (tertiary/aromatic N) is 2. The number of hydrogen-bond acceptors (Lipinski definition) is 5. The molecule has 2 heterocycles. The van der Waals surface area contributed by atoms with Gasteiger partial charge in [0.15, 0.2) is 0 Å². The standard InChI is InChI=1S/C12H20N4O3S/c13-8(6-20)10(18)15-3-1-12(2-4-15)7-16(11(12)19)5-9(14)17/h8,20H,1-7,13H2,(H2,14,17)/t8-/m0/s1. The minimum absolute atomic E-state index is 0.0201. The van der Waals surface area contributed by atoms with Gasteiger partial charge in [0.25, 0.3) is 0 Å². The van der Waals surface area contributed by atoms with E-state index < -0.39 is 17.4 Å². The van der Waals surface area contributed by atoms with Crippen LogP contribution in [-0.2, 0) is 14.4 Å². The number of carbonyl (C=O) groups is 3. The molecule has 2 saturated heterocycles. The lowest BCUT2D eigenvalue weighted by Crippen LogP contribution is -2.66. The zero-order valence-electron chi connectivity index (χ0n) is 11.2. The molecule has 2 fully saturated rings. The third-order valence-electron chi connectivity index (χ3n) is 4.13. The highest BCUT2D eigenvalue weighted by Gasteiger charge is 2.53. The highest BCUT2D eigenvalue weighted by Crippen LogP contribution is 2.41. The molecule has 7 nitrogen and oxygen atoms in total. The van der Waals surface area contributed by atoms with Crippen molar-refractivity contribution < 1.29 is 14.4 Å². The second-order valence-corrected chi connectivity index (χ2v) is 5.89. The molecule has 0 unspecified atom stereocenters. The molecule has 1 atom stereocenters. The first kappa shape index (κ1) is 15.1. The summed E-state index contributed by atoms with van der Waals surface area (Å²) < 4.78 is 0. The van der Waals surface area contributed by atoms with Crippen LogP contribution in [0.2, 0.25) is 0 Å². The van der Waals surface area contributed by atoms with Crippen molar-refractivity contribution in [1.82, 2.24) is 9.80 Å². The number of nitrogens with two attached hydrogens (primary N) is 2. The van der Waals surface area contributed by atoms with Gasteiger partial charge in [0.2, 0.25) is 17.7 Å². The van der Waals surface area contributed by atoms with Crippen LogP contribution in [0.15, 0.2) is 0 Å². The Morgan fingerprint density at radius 3 is 2.40 bits per heavy atom. The van der Waals surface area contributed by atoms with Gasteiger partial charge in [-0.2, -0.15) is 12.6 Å². The van der Waals surface area contributed by atoms with Gasteiger partial charge >= 0.3 is 0 Å². The summed E-state index contributed by atoms with van der Waals surface area (Å²) >= 11 is 4.02. The van der Waals surface area contributed by atoms with E-state index in [4.69, 9.17) is 11.5 Å². The van der Waals surface area contributed by atoms with Crippen molar-refractivity contribution >= 4 is 30.4 Å². The van der Waals surface area contributed by atoms with Crippen molar-refractivity contribution in [2.24, 2.45) is 16.9 Å². The van der Waals surface area contributed by atoms with E-state index in [2.05, 4.69) is 12.6 Å². The number of likely N-dealkylation sites (tertiary alicyclic amines) is 2. The molecule has 112 valence electrons. The van der Waals surface area contributed by atoms with Crippen molar-refractivity contribution in [2.45, 2.75) is 18.9 Å². The van der Waals surface area contributed by atoms with Gasteiger partial charge in [0, 0.05) is 25.4 Å². The van der Waals surface area contributed by atoms with Crippen LogP contribution in [0.25, 0.3) is 0 Å². The molecule has 0 aromatic carbocycles. The molecule has 0 aromatic heterocycles. The molecule has 0 bridgehead atoms. The number of rotatable bonds is 4. The molecule has 4 N–H and O–H groups in total. The quantitative estimate of drug-likeness (QED) is 0.419. The van der Waals surface area contributed by atoms with Crippen LogP contribution in [0.4, 0.5) is 0 Å². The summed E-state index contributed by atoms with van der Waals surface area (Å²) in [6.07, 6.45) is 1.23. The number of β-lactam (4-membered cyclic amide) rings is 1. The fourth-order valence-corrected chi connectivity index (χ4v) is 3.06. The number of amides is 3. The van der Waals surface area contributed by atoms with E-state index >= 15 is 0 Å². The van der Waals surface area contributed by atoms with Gasteiger partial charge < -0.3 is 21.3 Å². The Morgan fingerprint density at radius 1 is 1.35 bits per heavy atom. The Bertz CT molecular complexity index is 434. The van der Waals surface area contributed by atoms with Crippen LogP contribution in [0.5, 0.6) is 0 Å². The van der Waals surface area contributed by atoms with Crippen LogP contribution >= 0.6 is 12.6 Å². The third-order valence-corrected chi connectivity index (χ3v) is 4.52. The van der Waals surface area contributed by atoms with Gasteiger partial charge in [0.05, 0.1) is 18.0 Å². The number of piperidine rings is 1. The third kappa shape index (κ3) is 2.62. The molecular formula is C12H20N4O3S. The summed E-state index contributed by atoms with van der Waals surface area (Å²) in [5, 5.41) is 0. The molecule has 2 aliphatic heterocycles. The molecule has 0 aliphatic carbocycles. The highest BCUT2D eigenvalue weighted by molar-refractivity contribution is 7.80. The predicted molar refractivity (Wildman–Crippen MR) is 75.8 cm³/mol. The number of thiol groups is 1. The largest absolute Gasteiger partial charge is 0.368 e. The van der Waals surface area contributed by atoms with E-state index in [1.165, 1.54) is 4.90 Å². The Labute approximate surface area is 123 Å². The van der Waals surface area contributed by atoms with Gasteiger partial charge in [-0.15, -0.1) is 0 Å². The summed E-state index contributed by atoms with van der Waals surface area (Å²) in [7, 11) is 0. The molecule has 0 saturated carbocycles. The molecular weight excluding hydrogens is 280 g/mol. The number of hydrogen-bond donors (Lipinski definition) is 3. The molecule has 0 radical (unpaired) electrons. The number of carbonyl (C=O) groups excluding carboxylic acids is 3. The van der Waals surface area contributed by atoms with E-state index in [1.807, 2.05) is 0 Å². The Morgan fingerprint density at radius 2 is 1.95 bits per heavy atom. The Hall–Kier alpha value is -1.28. The molecule has 3 amide bonds. The van der Waals surface area contributed by atoms with Crippen LogP contribution in [0.1, 0.15) is 12.8 Å². The summed E-state index contributed by atoms with van der Waals surface area (Å²) in [6.45, 7) is 1.58. The SMILES string of the molecule is NC(=O)CN1CC2(CCN(C(=O)[C@@H](N)CS)CC2)C1=O. The first-order chi connectivity index (χ1) is 9.39. The molecule has 2 rings (SSSR count). The number of primary amides is 1. The van der Waals surface area contributed by atoms with Crippen LogP contribution in [0.3, 0.4) is 0 Å². The Kier molecular flexibility index (Phi) is 4.24. The van der Waals surface area contributed by atoms with Crippen molar-refractivity contribution in [2.75, 3.05) is 31.9 Å². The molecule has 0 aromatic rings. The normalized spacial score (nSPS) is 22.6. The summed E-state index contributed by atoms with van der Waals surface area (Å²) in [5.74, 6) is -0.329. The van der Waals surface area contributed by atoms with Crippen molar-refractivity contribution in [3.63, 3.8) is 0 Å². The average Bonchev–Trinajstić information content (AvgIpc) is 2.45. The van der Waals surface area contributed by atoms with Crippen LogP contribution < -0.4 is 11.5 Å². The molecule has 20 heavy (non-hydrogen) atoms. The van der Waals surface area contributed by atoms with E-state index in [1.54, 1.807) is 4.90 Å². The van der Waals surface area contributed by atoms with E-state index in [9.17, 15) is 14.4 Å². The van der Waals surface area contributed by atoms with Crippen molar-refractivity contribution in [3.05, 3.63) is 0 Å². The van der Waals surface area contributed by atoms with E-state index in [-0.39, 0.29) is 18.4 Å². The van der Waals surface area contributed by atoms with Gasteiger partial charge in [-0.05, 0) is 12.8 Å². The molecule has 1 spiro atoms. The lowest BCUT2D eigenvalue weighted by Gasteiger charge is -2.52. The zero-order chi connectivity index (χ0) is 14.9. The minimum atomic E-state index is -0.587. The van der Waals surface area contributed by atoms with E-state index in [0.29, 0.717) is 38.2 Å². The van der Waals surface area contributed by atoms with Gasteiger partial charge in [-0.25, -0.2) is 0 Å². The lowest BCUT2D eigenvalue weighted by atomic mass is 9.71. The van der Waals surface area contributed by atoms with Crippen LogP contribution in [-0.4, -0.2) is 65.5 Å². The van der Waals surface area contributed by atoms with Gasteiger partial charge in [-0.3, -0.25) is 14.4 Å². The molecule has 8 heteroatoms. The first-order valence-corrected chi connectivity index (χ1v) is 7.26. The fraction of sp³-hybridized carbons (Fsp3) is 0.750. The van der Waals surface area contributed by atoms with Gasteiger partial charge in [0.1, 0.15) is 0 Å². The van der Waals surface area contributed by atoms with Crippen molar-refractivity contribution in [3.8, 4) is 0 Å². The summed E-state index contributed by atoms with van der Waals surface area (Å²) in [4.78, 5) is 38.0. The second kappa shape index (κ2) is 5.61. The summed E-state index contributed by atoms with van der Waals surface area (Å²) in [5.41, 5.74) is 10.4.